The van der Waals surface area contributed by atoms with Crippen LogP contribution in [0.5, 0.6) is 0 Å². The van der Waals surface area contributed by atoms with Gasteiger partial charge in [-0.3, -0.25) is 0 Å². The normalized spacial score (nSPS) is 49.4. The van der Waals surface area contributed by atoms with Gasteiger partial charge in [0.15, 0.2) is 0 Å². The molecule has 0 unspecified atom stereocenters. The van der Waals surface area contributed by atoms with Crippen LogP contribution in [0, 0.1) is 28.6 Å². The Balaban J connectivity index is 1.75. The average Bonchev–Trinajstić information content (AvgIpc) is 2.74. The maximum atomic E-state index is 4.41. The lowest BCUT2D eigenvalue weighted by Crippen LogP contribution is -2.47. The van der Waals surface area contributed by atoms with Crippen molar-refractivity contribution in [1.29, 1.82) is 0 Å². The highest BCUT2D eigenvalue weighted by atomic mass is 14.6. The predicted molar refractivity (Wildman–Crippen MR) is 85.3 cm³/mol. The zero-order valence-electron chi connectivity index (χ0n) is 12.9. The predicted octanol–water partition coefficient (Wildman–Crippen LogP) is 5.45. The Morgan fingerprint density at radius 1 is 1.15 bits per heavy atom. The molecule has 106 valence electrons. The Morgan fingerprint density at radius 3 is 2.85 bits per heavy atom. The van der Waals surface area contributed by atoms with E-state index < -0.39 is 0 Å². The van der Waals surface area contributed by atoms with E-state index in [4.69, 9.17) is 0 Å². The number of allylic oxidation sites excluding steroid dienone is 7. The van der Waals surface area contributed by atoms with Crippen molar-refractivity contribution >= 4 is 0 Å². The Bertz CT molecular complexity index is 546. The molecule has 4 aliphatic carbocycles. The molecule has 0 radical (unpaired) electrons. The van der Waals surface area contributed by atoms with Gasteiger partial charge in [0, 0.05) is 5.41 Å². The third-order valence-corrected chi connectivity index (χ3v) is 7.22. The molecule has 2 fully saturated rings. The molecule has 0 nitrogen and oxygen atoms in total. The largest absolute Gasteiger partial charge is 0.0993 e. The van der Waals surface area contributed by atoms with E-state index >= 15 is 0 Å². The van der Waals surface area contributed by atoms with Gasteiger partial charge in [0.1, 0.15) is 0 Å². The first-order valence-electron chi connectivity index (χ1n) is 8.30. The van der Waals surface area contributed by atoms with Gasteiger partial charge in [0.05, 0.1) is 0 Å². The Kier molecular flexibility index (Phi) is 2.53. The number of hydrogen-bond donors (Lipinski definition) is 0. The van der Waals surface area contributed by atoms with E-state index in [0.29, 0.717) is 10.8 Å². The van der Waals surface area contributed by atoms with Crippen LogP contribution < -0.4 is 0 Å². The molecule has 5 atom stereocenters. The molecular formula is C20H26. The van der Waals surface area contributed by atoms with Gasteiger partial charge in [-0.2, -0.15) is 0 Å². The zero-order chi connectivity index (χ0) is 14.0. The number of hydrogen-bond acceptors (Lipinski definition) is 0. The second-order valence-electron chi connectivity index (χ2n) is 7.87. The molecule has 4 rings (SSSR count). The van der Waals surface area contributed by atoms with E-state index in [-0.39, 0.29) is 0 Å². The molecule has 20 heavy (non-hydrogen) atoms. The number of rotatable bonds is 0. The number of fused-ring (bicyclic) bond motifs is 5. The van der Waals surface area contributed by atoms with Crippen LogP contribution in [0.2, 0.25) is 0 Å². The minimum Gasteiger partial charge on any atom is -0.0993 e. The molecule has 0 spiro atoms. The molecule has 0 amide bonds. The van der Waals surface area contributed by atoms with E-state index in [9.17, 15) is 0 Å². The smallest absolute Gasteiger partial charge is 0.0135 e. The van der Waals surface area contributed by atoms with Crippen molar-refractivity contribution in [2.45, 2.75) is 46.0 Å². The highest BCUT2D eigenvalue weighted by Crippen LogP contribution is 2.64. The maximum Gasteiger partial charge on any atom is 0.0135 e. The highest BCUT2D eigenvalue weighted by Gasteiger charge is 2.55. The van der Waals surface area contributed by atoms with Crippen LogP contribution in [0.1, 0.15) is 46.0 Å². The van der Waals surface area contributed by atoms with Crippen molar-refractivity contribution in [2.24, 2.45) is 28.6 Å². The van der Waals surface area contributed by atoms with Crippen LogP contribution in [0.3, 0.4) is 0 Å². The second-order valence-corrected chi connectivity index (χ2v) is 7.87. The fourth-order valence-electron chi connectivity index (χ4n) is 5.85. The third-order valence-electron chi connectivity index (χ3n) is 7.22. The van der Waals surface area contributed by atoms with Crippen molar-refractivity contribution in [3.8, 4) is 0 Å². The van der Waals surface area contributed by atoms with Crippen LogP contribution in [0.4, 0.5) is 0 Å². The van der Waals surface area contributed by atoms with E-state index in [2.05, 4.69) is 50.8 Å². The molecule has 0 N–H and O–H groups in total. The molecule has 0 bridgehead atoms. The molecule has 0 heterocycles. The standard InChI is InChI=1S/C20H26/c1-14-7-10-17-16-9-8-15-6-4-5-12-20(15,3)18(16)11-13-19(14,17)2/h4-6,8,12,16-18H,1,7,9-11,13H2,2-3H3/t16-,17-,18-,19+,20-/m0/s1. The van der Waals surface area contributed by atoms with Gasteiger partial charge in [0.25, 0.3) is 0 Å². The first-order chi connectivity index (χ1) is 9.56. The summed E-state index contributed by atoms with van der Waals surface area (Å²) in [4.78, 5) is 0. The molecule has 0 aromatic rings. The van der Waals surface area contributed by atoms with Gasteiger partial charge in [-0.25, -0.2) is 0 Å². The molecule has 0 aromatic carbocycles. The van der Waals surface area contributed by atoms with E-state index in [1.165, 1.54) is 32.1 Å². The van der Waals surface area contributed by atoms with Crippen molar-refractivity contribution in [3.05, 3.63) is 48.1 Å². The molecule has 0 saturated heterocycles. The minimum atomic E-state index is 0.295. The van der Waals surface area contributed by atoms with Crippen LogP contribution in [-0.4, -0.2) is 0 Å². The molecule has 2 saturated carbocycles. The van der Waals surface area contributed by atoms with Crippen LogP contribution in [0.25, 0.3) is 0 Å². The molecule has 4 aliphatic rings. The molecule has 0 aliphatic heterocycles. The quantitative estimate of drug-likeness (QED) is 0.512. The SMILES string of the molecule is C=C1CC[C@H]2[C@@H]3CC=C4C=CC=C[C@]4(C)[C@H]3CC[C@]12C. The summed E-state index contributed by atoms with van der Waals surface area (Å²) in [6.45, 7) is 9.38. The second kappa shape index (κ2) is 4.00. The van der Waals surface area contributed by atoms with Crippen LogP contribution >= 0.6 is 0 Å². The van der Waals surface area contributed by atoms with Crippen molar-refractivity contribution in [1.82, 2.24) is 0 Å². The lowest BCUT2D eigenvalue weighted by molar-refractivity contribution is 0.0151. The van der Waals surface area contributed by atoms with Crippen molar-refractivity contribution in [2.75, 3.05) is 0 Å². The summed E-state index contributed by atoms with van der Waals surface area (Å²) in [6, 6.07) is 0. The summed E-state index contributed by atoms with van der Waals surface area (Å²) in [6.07, 6.45) is 18.5. The van der Waals surface area contributed by atoms with E-state index in [1.54, 1.807) is 11.1 Å². The molecular weight excluding hydrogens is 240 g/mol. The summed E-state index contributed by atoms with van der Waals surface area (Å²) in [5, 5.41) is 0. The van der Waals surface area contributed by atoms with Gasteiger partial charge >= 0.3 is 0 Å². The summed E-state index contributed by atoms with van der Waals surface area (Å²) >= 11 is 0. The third kappa shape index (κ3) is 1.43. The maximum absolute atomic E-state index is 4.41. The van der Waals surface area contributed by atoms with E-state index in [1.807, 2.05) is 0 Å². The first kappa shape index (κ1) is 12.7. The summed E-state index contributed by atoms with van der Waals surface area (Å²) < 4.78 is 0. The zero-order valence-corrected chi connectivity index (χ0v) is 12.9. The first-order valence-corrected chi connectivity index (χ1v) is 8.30. The monoisotopic (exact) mass is 266 g/mol. The van der Waals surface area contributed by atoms with Gasteiger partial charge in [0.2, 0.25) is 0 Å². The molecule has 0 aromatic heterocycles. The lowest BCUT2D eigenvalue weighted by Gasteiger charge is -2.55. The van der Waals surface area contributed by atoms with Gasteiger partial charge in [-0.1, -0.05) is 56.4 Å². The van der Waals surface area contributed by atoms with Gasteiger partial charge < -0.3 is 0 Å². The lowest BCUT2D eigenvalue weighted by atomic mass is 9.49. The van der Waals surface area contributed by atoms with Gasteiger partial charge in [-0.15, -0.1) is 0 Å². The Morgan fingerprint density at radius 2 is 2.00 bits per heavy atom. The summed E-state index contributed by atoms with van der Waals surface area (Å²) in [7, 11) is 0. The molecule has 0 heteroatoms. The topological polar surface area (TPSA) is 0 Å². The van der Waals surface area contributed by atoms with Crippen LogP contribution in [-0.2, 0) is 0 Å². The van der Waals surface area contributed by atoms with Crippen LogP contribution in [0.15, 0.2) is 48.1 Å². The fraction of sp³-hybridized carbons (Fsp3) is 0.600. The Labute approximate surface area is 123 Å². The van der Waals surface area contributed by atoms with Crippen molar-refractivity contribution < 1.29 is 0 Å². The highest BCUT2D eigenvalue weighted by molar-refractivity contribution is 5.41. The minimum absolute atomic E-state index is 0.295. The van der Waals surface area contributed by atoms with Crippen molar-refractivity contribution in [3.63, 3.8) is 0 Å². The van der Waals surface area contributed by atoms with E-state index in [0.717, 1.165) is 17.8 Å². The fourth-order valence-corrected chi connectivity index (χ4v) is 5.85. The Hall–Kier alpha value is -1.04. The van der Waals surface area contributed by atoms with Gasteiger partial charge in [-0.05, 0) is 60.8 Å². The summed E-state index contributed by atoms with van der Waals surface area (Å²) in [5.41, 5.74) is 3.85. The average molecular weight is 266 g/mol. The summed E-state index contributed by atoms with van der Waals surface area (Å²) in [5.74, 6) is 2.59.